The van der Waals surface area contributed by atoms with E-state index in [2.05, 4.69) is 17.9 Å². The van der Waals surface area contributed by atoms with E-state index in [1.165, 1.54) is 5.56 Å². The molecule has 0 fully saturated rings. The zero-order chi connectivity index (χ0) is 16.9. The molecule has 0 N–H and O–H groups in total. The molecule has 0 aliphatic carbocycles. The number of fused-ring (bicyclic) bond motifs is 1. The van der Waals surface area contributed by atoms with Gasteiger partial charge < -0.3 is 14.4 Å². The summed E-state index contributed by atoms with van der Waals surface area (Å²) in [7, 11) is 0. The van der Waals surface area contributed by atoms with Crippen molar-refractivity contribution in [1.29, 1.82) is 0 Å². The third kappa shape index (κ3) is 3.88. The lowest BCUT2D eigenvalue weighted by Gasteiger charge is -2.31. The highest BCUT2D eigenvalue weighted by Crippen LogP contribution is 2.32. The van der Waals surface area contributed by atoms with E-state index >= 15 is 0 Å². The molecule has 0 amide bonds. The van der Waals surface area contributed by atoms with Crippen LogP contribution >= 0.6 is 0 Å². The van der Waals surface area contributed by atoms with Gasteiger partial charge in [0, 0.05) is 12.1 Å². The van der Waals surface area contributed by atoms with Crippen LogP contribution in [0.1, 0.15) is 29.3 Å². The van der Waals surface area contributed by atoms with Crippen LogP contribution in [0.2, 0.25) is 0 Å². The van der Waals surface area contributed by atoms with Crippen molar-refractivity contribution in [3.8, 4) is 11.5 Å². The largest absolute Gasteiger partial charge is 0.494 e. The van der Waals surface area contributed by atoms with E-state index in [0.717, 1.165) is 42.3 Å². The summed E-state index contributed by atoms with van der Waals surface area (Å²) in [5.74, 6) is 1.84. The van der Waals surface area contributed by atoms with E-state index in [0.29, 0.717) is 13.2 Å². The standard InChI is InChI=1S/C20H23NO3/c1-15-5-3-6-18(13-15)23-11-4-9-21-10-12-24-20-8-7-17(16(2)22)14-19(20)21/h3,5-8,13-14H,4,9-12H2,1-2H3. The highest BCUT2D eigenvalue weighted by atomic mass is 16.5. The third-order valence-corrected chi connectivity index (χ3v) is 4.16. The number of rotatable bonds is 6. The Balaban J connectivity index is 1.58. The van der Waals surface area contributed by atoms with E-state index in [4.69, 9.17) is 9.47 Å². The van der Waals surface area contributed by atoms with Crippen molar-refractivity contribution in [2.75, 3.05) is 31.2 Å². The van der Waals surface area contributed by atoms with Crippen molar-refractivity contribution in [2.24, 2.45) is 0 Å². The van der Waals surface area contributed by atoms with Crippen molar-refractivity contribution < 1.29 is 14.3 Å². The maximum Gasteiger partial charge on any atom is 0.159 e. The Kier molecular flexibility index (Phi) is 5.04. The first kappa shape index (κ1) is 16.4. The Morgan fingerprint density at radius 1 is 1.25 bits per heavy atom. The van der Waals surface area contributed by atoms with E-state index < -0.39 is 0 Å². The highest BCUT2D eigenvalue weighted by Gasteiger charge is 2.19. The number of benzene rings is 2. The summed E-state index contributed by atoms with van der Waals surface area (Å²) < 4.78 is 11.5. The van der Waals surface area contributed by atoms with Gasteiger partial charge in [-0.25, -0.2) is 0 Å². The normalized spacial score (nSPS) is 13.2. The molecule has 0 aromatic heterocycles. The second kappa shape index (κ2) is 7.39. The van der Waals surface area contributed by atoms with Crippen molar-refractivity contribution >= 4 is 11.5 Å². The molecule has 1 aliphatic heterocycles. The first-order valence-electron chi connectivity index (χ1n) is 8.36. The molecule has 1 aliphatic rings. The number of ketones is 1. The van der Waals surface area contributed by atoms with Crippen LogP contribution in [0.25, 0.3) is 0 Å². The van der Waals surface area contributed by atoms with Gasteiger partial charge in [-0.15, -0.1) is 0 Å². The van der Waals surface area contributed by atoms with Gasteiger partial charge in [-0.2, -0.15) is 0 Å². The Morgan fingerprint density at radius 3 is 2.92 bits per heavy atom. The predicted octanol–water partition coefficient (Wildman–Crippen LogP) is 3.87. The van der Waals surface area contributed by atoms with Crippen LogP contribution < -0.4 is 14.4 Å². The molecule has 0 radical (unpaired) electrons. The number of aryl methyl sites for hydroxylation is 1. The summed E-state index contributed by atoms with van der Waals surface area (Å²) in [6.07, 6.45) is 0.914. The van der Waals surface area contributed by atoms with Gasteiger partial charge in [0.2, 0.25) is 0 Å². The molecule has 0 saturated heterocycles. The van der Waals surface area contributed by atoms with Gasteiger partial charge in [-0.05, 0) is 56.2 Å². The number of carbonyl (C=O) groups excluding carboxylic acids is 1. The summed E-state index contributed by atoms with van der Waals surface area (Å²) in [4.78, 5) is 13.9. The van der Waals surface area contributed by atoms with Gasteiger partial charge in [0.1, 0.15) is 18.1 Å². The fourth-order valence-corrected chi connectivity index (χ4v) is 2.87. The highest BCUT2D eigenvalue weighted by molar-refractivity contribution is 5.95. The minimum atomic E-state index is 0.0751. The molecule has 0 bridgehead atoms. The molecular formula is C20H23NO3. The third-order valence-electron chi connectivity index (χ3n) is 4.16. The number of carbonyl (C=O) groups is 1. The number of Topliss-reactive ketones (excluding diaryl/α,β-unsaturated/α-hetero) is 1. The molecule has 1 heterocycles. The minimum absolute atomic E-state index is 0.0751. The van der Waals surface area contributed by atoms with Crippen LogP contribution in [0, 0.1) is 6.92 Å². The van der Waals surface area contributed by atoms with E-state index in [9.17, 15) is 4.79 Å². The van der Waals surface area contributed by atoms with Gasteiger partial charge in [0.05, 0.1) is 18.8 Å². The predicted molar refractivity (Wildman–Crippen MR) is 95.4 cm³/mol. The van der Waals surface area contributed by atoms with Gasteiger partial charge in [0.15, 0.2) is 5.78 Å². The lowest BCUT2D eigenvalue weighted by Crippen LogP contribution is -2.34. The van der Waals surface area contributed by atoms with Crippen LogP contribution in [0.3, 0.4) is 0 Å². The summed E-state index contributed by atoms with van der Waals surface area (Å²) in [6.45, 7) is 6.70. The average molecular weight is 325 g/mol. The van der Waals surface area contributed by atoms with E-state index in [-0.39, 0.29) is 5.78 Å². The number of anilines is 1. The molecule has 0 spiro atoms. The molecule has 24 heavy (non-hydrogen) atoms. The molecular weight excluding hydrogens is 302 g/mol. The molecule has 0 unspecified atom stereocenters. The van der Waals surface area contributed by atoms with Crippen LogP contribution in [0.4, 0.5) is 5.69 Å². The summed E-state index contributed by atoms with van der Waals surface area (Å²) in [5, 5.41) is 0. The number of hydrogen-bond acceptors (Lipinski definition) is 4. The van der Waals surface area contributed by atoms with Crippen molar-refractivity contribution in [3.05, 3.63) is 53.6 Å². The number of hydrogen-bond donors (Lipinski definition) is 0. The smallest absolute Gasteiger partial charge is 0.159 e. The average Bonchev–Trinajstić information content (AvgIpc) is 2.58. The first-order valence-corrected chi connectivity index (χ1v) is 8.36. The molecule has 3 rings (SSSR count). The van der Waals surface area contributed by atoms with Gasteiger partial charge in [-0.1, -0.05) is 12.1 Å². The van der Waals surface area contributed by atoms with Crippen LogP contribution in [-0.4, -0.2) is 32.1 Å². The summed E-state index contributed by atoms with van der Waals surface area (Å²) >= 11 is 0. The molecule has 4 nitrogen and oxygen atoms in total. The van der Waals surface area contributed by atoms with Crippen LogP contribution in [-0.2, 0) is 0 Å². The van der Waals surface area contributed by atoms with Gasteiger partial charge >= 0.3 is 0 Å². The Labute approximate surface area is 143 Å². The number of ether oxygens (including phenoxy) is 2. The van der Waals surface area contributed by atoms with Crippen LogP contribution in [0.15, 0.2) is 42.5 Å². The van der Waals surface area contributed by atoms with Crippen molar-refractivity contribution in [3.63, 3.8) is 0 Å². The maximum absolute atomic E-state index is 11.6. The Hall–Kier alpha value is -2.49. The van der Waals surface area contributed by atoms with Crippen molar-refractivity contribution in [2.45, 2.75) is 20.3 Å². The summed E-state index contributed by atoms with van der Waals surface area (Å²) in [6, 6.07) is 13.7. The lowest BCUT2D eigenvalue weighted by atomic mass is 10.1. The molecule has 0 atom stereocenters. The minimum Gasteiger partial charge on any atom is -0.494 e. The van der Waals surface area contributed by atoms with Gasteiger partial charge in [0.25, 0.3) is 0 Å². The molecule has 126 valence electrons. The van der Waals surface area contributed by atoms with E-state index in [1.807, 2.05) is 36.4 Å². The summed E-state index contributed by atoms with van der Waals surface area (Å²) in [5.41, 5.74) is 2.93. The lowest BCUT2D eigenvalue weighted by molar-refractivity contribution is 0.101. The Bertz CT molecular complexity index is 727. The van der Waals surface area contributed by atoms with Gasteiger partial charge in [-0.3, -0.25) is 4.79 Å². The zero-order valence-electron chi connectivity index (χ0n) is 14.2. The second-order valence-electron chi connectivity index (χ2n) is 6.09. The molecule has 2 aromatic rings. The topological polar surface area (TPSA) is 38.8 Å². The maximum atomic E-state index is 11.6. The fourth-order valence-electron chi connectivity index (χ4n) is 2.87. The zero-order valence-corrected chi connectivity index (χ0v) is 14.2. The quantitative estimate of drug-likeness (QED) is 0.597. The van der Waals surface area contributed by atoms with Crippen LogP contribution in [0.5, 0.6) is 11.5 Å². The number of nitrogens with zero attached hydrogens (tertiary/aromatic N) is 1. The molecule has 4 heteroatoms. The monoisotopic (exact) mass is 325 g/mol. The SMILES string of the molecule is CC(=O)c1ccc2c(c1)N(CCCOc1cccc(C)c1)CCO2. The van der Waals surface area contributed by atoms with Crippen molar-refractivity contribution in [1.82, 2.24) is 0 Å². The molecule has 0 saturated carbocycles. The molecule has 2 aromatic carbocycles. The van der Waals surface area contributed by atoms with E-state index in [1.54, 1.807) is 6.92 Å². The fraction of sp³-hybridized carbons (Fsp3) is 0.350. The first-order chi connectivity index (χ1) is 11.6. The Morgan fingerprint density at radius 2 is 2.12 bits per heavy atom. The second-order valence-corrected chi connectivity index (χ2v) is 6.09.